The van der Waals surface area contributed by atoms with Gasteiger partial charge in [-0.1, -0.05) is 23.7 Å². The summed E-state index contributed by atoms with van der Waals surface area (Å²) in [5.41, 5.74) is 5.67. The van der Waals surface area contributed by atoms with Crippen LogP contribution in [0.2, 0.25) is 5.02 Å². The Kier molecular flexibility index (Phi) is 6.88. The first-order valence-corrected chi connectivity index (χ1v) is 10.9. The highest BCUT2D eigenvalue weighted by atomic mass is 35.5. The molecule has 0 saturated heterocycles. The largest absolute Gasteiger partial charge is 0.364 e. The molecule has 0 aliphatic carbocycles. The van der Waals surface area contributed by atoms with E-state index in [0.29, 0.717) is 16.1 Å². The fourth-order valence-corrected chi connectivity index (χ4v) is 3.57. The summed E-state index contributed by atoms with van der Waals surface area (Å²) in [5.74, 6) is -1.85. The third-order valence-corrected chi connectivity index (χ3v) is 5.42. The molecular formula is C23H20ClN7O4. The zero-order valence-corrected chi connectivity index (χ0v) is 19.0. The molecule has 0 saturated carbocycles. The van der Waals surface area contributed by atoms with Crippen LogP contribution in [0, 0.1) is 0 Å². The van der Waals surface area contributed by atoms with E-state index in [9.17, 15) is 19.2 Å². The van der Waals surface area contributed by atoms with E-state index in [1.54, 1.807) is 36.4 Å². The van der Waals surface area contributed by atoms with Crippen molar-refractivity contribution in [2.24, 2.45) is 5.73 Å². The van der Waals surface area contributed by atoms with Crippen molar-refractivity contribution in [3.8, 4) is 0 Å². The number of aromatic amines is 1. The monoisotopic (exact) mass is 493 g/mol. The number of aromatic nitrogens is 4. The minimum Gasteiger partial charge on any atom is -0.364 e. The Morgan fingerprint density at radius 2 is 1.89 bits per heavy atom. The third kappa shape index (κ3) is 5.36. The molecule has 3 heterocycles. The number of nitrogens with one attached hydrogen (secondary N) is 3. The normalized spacial score (nSPS) is 10.8. The Morgan fingerprint density at radius 1 is 1.11 bits per heavy atom. The number of nitrogens with zero attached hydrogens (tertiary/aromatic N) is 3. The van der Waals surface area contributed by atoms with Crippen LogP contribution in [0.15, 0.2) is 59.8 Å². The van der Waals surface area contributed by atoms with Gasteiger partial charge in [0.25, 0.3) is 17.4 Å². The maximum absolute atomic E-state index is 13.2. The smallest absolute Gasteiger partial charge is 0.269 e. The van der Waals surface area contributed by atoms with Crippen molar-refractivity contribution < 1.29 is 14.4 Å². The van der Waals surface area contributed by atoms with Crippen LogP contribution in [0.1, 0.15) is 32.8 Å². The maximum Gasteiger partial charge on any atom is 0.269 e. The van der Waals surface area contributed by atoms with Crippen molar-refractivity contribution in [3.05, 3.63) is 87.2 Å². The molecule has 0 radical (unpaired) electrons. The second-order valence-electron chi connectivity index (χ2n) is 7.53. The molecular weight excluding hydrogens is 474 g/mol. The molecule has 178 valence electrons. The first-order valence-electron chi connectivity index (χ1n) is 10.5. The van der Waals surface area contributed by atoms with Crippen molar-refractivity contribution >= 4 is 46.2 Å². The highest BCUT2D eigenvalue weighted by molar-refractivity contribution is 6.30. The summed E-state index contributed by atoms with van der Waals surface area (Å²) in [5, 5.41) is 6.35. The molecule has 0 unspecified atom stereocenters. The van der Waals surface area contributed by atoms with Gasteiger partial charge in [-0.05, 0) is 35.9 Å². The molecule has 3 amide bonds. The minimum atomic E-state index is -0.776. The Morgan fingerprint density at radius 3 is 2.63 bits per heavy atom. The Labute approximate surface area is 203 Å². The number of nitrogens with two attached hydrogens (primary N) is 1. The van der Waals surface area contributed by atoms with Crippen LogP contribution in [0.4, 0.5) is 5.82 Å². The van der Waals surface area contributed by atoms with Crippen LogP contribution in [-0.2, 0) is 17.9 Å². The van der Waals surface area contributed by atoms with Gasteiger partial charge >= 0.3 is 0 Å². The number of anilines is 1. The number of primary amides is 1. The van der Waals surface area contributed by atoms with Crippen LogP contribution in [0.25, 0.3) is 11.0 Å². The third-order valence-electron chi connectivity index (χ3n) is 5.16. The van der Waals surface area contributed by atoms with Gasteiger partial charge in [-0.15, -0.1) is 0 Å². The summed E-state index contributed by atoms with van der Waals surface area (Å²) >= 11 is 5.89. The van der Waals surface area contributed by atoms with Gasteiger partial charge in [0.1, 0.15) is 16.9 Å². The molecule has 3 aromatic heterocycles. The molecule has 12 heteroatoms. The summed E-state index contributed by atoms with van der Waals surface area (Å²) in [6.07, 6.45) is 2.59. The fourth-order valence-electron chi connectivity index (χ4n) is 3.44. The van der Waals surface area contributed by atoms with Crippen molar-refractivity contribution in [2.75, 3.05) is 5.32 Å². The van der Waals surface area contributed by atoms with Gasteiger partial charge in [-0.3, -0.25) is 23.7 Å². The Balaban J connectivity index is 1.54. The molecule has 4 aromatic rings. The summed E-state index contributed by atoms with van der Waals surface area (Å²) in [7, 11) is 0. The molecule has 0 bridgehead atoms. The van der Waals surface area contributed by atoms with E-state index in [0.717, 1.165) is 5.56 Å². The maximum atomic E-state index is 13.2. The predicted molar refractivity (Wildman–Crippen MR) is 129 cm³/mol. The molecule has 11 nitrogen and oxygen atoms in total. The number of aryl methyl sites for hydroxylation is 1. The molecule has 1 aromatic carbocycles. The lowest BCUT2D eigenvalue weighted by molar-refractivity contribution is -0.116. The molecule has 0 aliphatic rings. The van der Waals surface area contributed by atoms with Gasteiger partial charge in [-0.25, -0.2) is 9.97 Å². The number of hydrogen-bond acceptors (Lipinski definition) is 6. The summed E-state index contributed by atoms with van der Waals surface area (Å²) < 4.78 is 1.27. The number of benzene rings is 1. The van der Waals surface area contributed by atoms with Gasteiger partial charge in [-0.2, -0.15) is 0 Å². The van der Waals surface area contributed by atoms with E-state index in [-0.39, 0.29) is 36.6 Å². The van der Waals surface area contributed by atoms with Gasteiger partial charge < -0.3 is 21.4 Å². The summed E-state index contributed by atoms with van der Waals surface area (Å²) in [6, 6.07) is 11.8. The average Bonchev–Trinajstić information content (AvgIpc) is 3.31. The standard InChI is InChI=1S/C23H20ClN7O4/c24-15-5-3-13(4-6-15)11-27-22(34)16-10-14-2-1-8-26-21(14)31(23(16)35)9-7-17(32)30-20-18(19(25)33)28-12-29-20/h1-6,8,10,12H,7,9,11H2,(H2,25,33)(H,27,34)(H,28,29)(H,30,32). The Bertz CT molecular complexity index is 1480. The first kappa shape index (κ1) is 23.6. The number of fused-ring (bicyclic) bond motifs is 1. The zero-order chi connectivity index (χ0) is 24.9. The number of carbonyl (C=O) groups is 3. The topological polar surface area (TPSA) is 165 Å². The Hall–Kier alpha value is -4.51. The summed E-state index contributed by atoms with van der Waals surface area (Å²) in [6.45, 7) is 0.140. The molecule has 0 fully saturated rings. The highest BCUT2D eigenvalue weighted by Crippen LogP contribution is 2.14. The second kappa shape index (κ2) is 10.2. The van der Waals surface area contributed by atoms with E-state index in [1.807, 2.05) is 0 Å². The zero-order valence-electron chi connectivity index (χ0n) is 18.2. The number of H-pyrrole nitrogens is 1. The number of pyridine rings is 2. The van der Waals surface area contributed by atoms with Crippen molar-refractivity contribution in [2.45, 2.75) is 19.5 Å². The van der Waals surface area contributed by atoms with Gasteiger partial charge in [0.05, 0.1) is 6.33 Å². The van der Waals surface area contributed by atoms with Crippen LogP contribution < -0.4 is 21.9 Å². The molecule has 5 N–H and O–H groups in total. The molecule has 0 atom stereocenters. The quantitative estimate of drug-likeness (QED) is 0.292. The van der Waals surface area contributed by atoms with E-state index >= 15 is 0 Å². The van der Waals surface area contributed by atoms with E-state index in [1.165, 1.54) is 23.2 Å². The van der Waals surface area contributed by atoms with Crippen LogP contribution in [0.5, 0.6) is 0 Å². The molecule has 0 aliphatic heterocycles. The number of imidazole rings is 1. The van der Waals surface area contributed by atoms with Crippen LogP contribution in [0.3, 0.4) is 0 Å². The fraction of sp³-hybridized carbons (Fsp3) is 0.130. The van der Waals surface area contributed by atoms with E-state index in [2.05, 4.69) is 25.6 Å². The van der Waals surface area contributed by atoms with E-state index in [4.69, 9.17) is 17.3 Å². The molecule has 35 heavy (non-hydrogen) atoms. The number of amides is 3. The van der Waals surface area contributed by atoms with Gasteiger partial charge in [0, 0.05) is 36.1 Å². The predicted octanol–water partition coefficient (Wildman–Crippen LogP) is 1.83. The first-order chi connectivity index (χ1) is 16.8. The molecule has 4 rings (SSSR count). The van der Waals surface area contributed by atoms with Crippen molar-refractivity contribution in [1.82, 2.24) is 24.8 Å². The number of carbonyl (C=O) groups excluding carboxylic acids is 3. The molecule has 0 spiro atoms. The lowest BCUT2D eigenvalue weighted by Gasteiger charge is -2.12. The number of rotatable bonds is 8. The SMILES string of the molecule is NC(=O)c1[nH]cnc1NC(=O)CCn1c(=O)c(C(=O)NCc2ccc(Cl)cc2)cc2cccnc21. The minimum absolute atomic E-state index is 0.00634. The average molecular weight is 494 g/mol. The lowest BCUT2D eigenvalue weighted by Crippen LogP contribution is -2.34. The summed E-state index contributed by atoms with van der Waals surface area (Å²) in [4.78, 5) is 60.5. The van der Waals surface area contributed by atoms with Gasteiger partial charge in [0.2, 0.25) is 5.91 Å². The lowest BCUT2D eigenvalue weighted by atomic mass is 10.1. The van der Waals surface area contributed by atoms with Crippen molar-refractivity contribution in [3.63, 3.8) is 0 Å². The number of hydrogen-bond donors (Lipinski definition) is 4. The highest BCUT2D eigenvalue weighted by Gasteiger charge is 2.18. The van der Waals surface area contributed by atoms with Gasteiger partial charge in [0.15, 0.2) is 5.82 Å². The van der Waals surface area contributed by atoms with Crippen LogP contribution >= 0.6 is 11.6 Å². The van der Waals surface area contributed by atoms with Crippen molar-refractivity contribution in [1.29, 1.82) is 0 Å². The van der Waals surface area contributed by atoms with Crippen LogP contribution in [-0.4, -0.2) is 37.2 Å². The second-order valence-corrected chi connectivity index (χ2v) is 7.97. The van der Waals surface area contributed by atoms with E-state index < -0.39 is 23.3 Å². The number of halogens is 1.